The van der Waals surface area contributed by atoms with Crippen LogP contribution < -0.4 is 15.5 Å². The van der Waals surface area contributed by atoms with Gasteiger partial charge in [-0.1, -0.05) is 12.1 Å². The van der Waals surface area contributed by atoms with Crippen LogP contribution in [-0.4, -0.2) is 55.3 Å². The average molecular weight is 430 g/mol. The molecule has 2 aromatic rings. The molecule has 1 aliphatic heterocycles. The number of Topliss-reactive ketones (excluding diaryl/α,β-unsaturated/α-hetero) is 1. The molecule has 0 atom stereocenters. The summed E-state index contributed by atoms with van der Waals surface area (Å²) in [6.45, 7) is 3.12. The van der Waals surface area contributed by atoms with Gasteiger partial charge in [0.2, 0.25) is 5.91 Å². The average Bonchev–Trinajstić information content (AvgIpc) is 2.77. The third-order valence-corrected chi connectivity index (χ3v) is 5.09. The summed E-state index contributed by atoms with van der Waals surface area (Å²) in [4.78, 5) is 39.0. The number of nitrogens with zero attached hydrogens (tertiary/aromatic N) is 2. The van der Waals surface area contributed by atoms with Crippen molar-refractivity contribution in [2.75, 3.05) is 37.6 Å². The molecule has 3 rings (SSSR count). The van der Waals surface area contributed by atoms with Crippen LogP contribution in [0.1, 0.15) is 22.8 Å². The number of carbonyl (C=O) groups excluding carboxylic acids is 3. The highest BCUT2D eigenvalue weighted by atomic mass is 19.1. The lowest BCUT2D eigenvalue weighted by Gasteiger charge is -2.36. The Labute approximate surface area is 179 Å². The maximum Gasteiger partial charge on any atom is 0.315 e. The molecule has 1 heterocycles. The van der Waals surface area contributed by atoms with Crippen molar-refractivity contribution in [3.8, 4) is 0 Å². The van der Waals surface area contributed by atoms with Crippen molar-refractivity contribution in [3.05, 3.63) is 65.2 Å². The Balaban J connectivity index is 1.42. The summed E-state index contributed by atoms with van der Waals surface area (Å²) in [5.74, 6) is -1.25. The minimum Gasteiger partial charge on any atom is -0.366 e. The molecule has 164 valence electrons. The highest BCUT2D eigenvalue weighted by Crippen LogP contribution is 2.22. The van der Waals surface area contributed by atoms with E-state index in [9.17, 15) is 23.2 Å². The zero-order valence-corrected chi connectivity index (χ0v) is 17.2. The van der Waals surface area contributed by atoms with E-state index in [1.54, 1.807) is 29.2 Å². The van der Waals surface area contributed by atoms with Crippen LogP contribution in [0.2, 0.25) is 0 Å². The Hall–Kier alpha value is -3.49. The molecule has 0 aromatic heterocycles. The van der Waals surface area contributed by atoms with Crippen LogP contribution in [0.4, 0.5) is 19.3 Å². The second-order valence-corrected chi connectivity index (χ2v) is 7.25. The van der Waals surface area contributed by atoms with Gasteiger partial charge in [0.15, 0.2) is 5.78 Å². The highest BCUT2D eigenvalue weighted by Gasteiger charge is 2.23. The summed E-state index contributed by atoms with van der Waals surface area (Å²) >= 11 is 0. The Morgan fingerprint density at radius 3 is 2.23 bits per heavy atom. The topological polar surface area (TPSA) is 81.8 Å². The molecule has 31 heavy (non-hydrogen) atoms. The normalized spacial score (nSPS) is 13.6. The molecule has 0 bridgehead atoms. The lowest BCUT2D eigenvalue weighted by molar-refractivity contribution is -0.130. The molecule has 1 aliphatic rings. The smallest absolute Gasteiger partial charge is 0.315 e. The SMILES string of the molecule is CC(=O)c1ccc(N2CCN(C(=O)CNC(=O)NCc3ccc(F)cc3)CC2)c(F)c1. The highest BCUT2D eigenvalue weighted by molar-refractivity contribution is 5.94. The van der Waals surface area contributed by atoms with Gasteiger partial charge in [-0.3, -0.25) is 9.59 Å². The van der Waals surface area contributed by atoms with Crippen molar-refractivity contribution in [3.63, 3.8) is 0 Å². The van der Waals surface area contributed by atoms with Crippen molar-refractivity contribution in [1.82, 2.24) is 15.5 Å². The van der Waals surface area contributed by atoms with Gasteiger partial charge in [-0.05, 0) is 42.8 Å². The van der Waals surface area contributed by atoms with Crippen molar-refractivity contribution in [2.45, 2.75) is 13.5 Å². The van der Waals surface area contributed by atoms with Crippen LogP contribution in [0.25, 0.3) is 0 Å². The van der Waals surface area contributed by atoms with Gasteiger partial charge in [-0.15, -0.1) is 0 Å². The maximum atomic E-state index is 14.3. The number of halogens is 2. The number of anilines is 1. The molecular weight excluding hydrogens is 406 g/mol. The van der Waals surface area contributed by atoms with Gasteiger partial charge in [0.25, 0.3) is 0 Å². The Kier molecular flexibility index (Phi) is 7.17. The zero-order chi connectivity index (χ0) is 22.4. The first-order valence-corrected chi connectivity index (χ1v) is 9.93. The van der Waals surface area contributed by atoms with Crippen LogP contribution in [-0.2, 0) is 11.3 Å². The molecular formula is C22H24F2N4O3. The van der Waals surface area contributed by atoms with Crippen molar-refractivity contribution in [1.29, 1.82) is 0 Å². The van der Waals surface area contributed by atoms with Crippen LogP contribution in [0, 0.1) is 11.6 Å². The van der Waals surface area contributed by atoms with E-state index in [1.807, 2.05) is 4.90 Å². The number of piperazine rings is 1. The van der Waals surface area contributed by atoms with Gasteiger partial charge in [-0.2, -0.15) is 0 Å². The lowest BCUT2D eigenvalue weighted by atomic mass is 10.1. The van der Waals surface area contributed by atoms with E-state index in [2.05, 4.69) is 10.6 Å². The van der Waals surface area contributed by atoms with E-state index in [4.69, 9.17) is 0 Å². The molecule has 9 heteroatoms. The fraction of sp³-hybridized carbons (Fsp3) is 0.318. The maximum absolute atomic E-state index is 14.3. The quantitative estimate of drug-likeness (QED) is 0.690. The Bertz CT molecular complexity index is 958. The molecule has 2 aromatic carbocycles. The van der Waals surface area contributed by atoms with Crippen molar-refractivity contribution >= 4 is 23.4 Å². The number of benzene rings is 2. The fourth-order valence-corrected chi connectivity index (χ4v) is 3.29. The summed E-state index contributed by atoms with van der Waals surface area (Å²) < 4.78 is 27.2. The van der Waals surface area contributed by atoms with E-state index in [0.29, 0.717) is 37.4 Å². The summed E-state index contributed by atoms with van der Waals surface area (Å²) in [5.41, 5.74) is 1.46. The second-order valence-electron chi connectivity index (χ2n) is 7.25. The third kappa shape index (κ3) is 6.00. The van der Waals surface area contributed by atoms with Crippen LogP contribution >= 0.6 is 0 Å². The largest absolute Gasteiger partial charge is 0.366 e. The summed E-state index contributed by atoms with van der Waals surface area (Å²) in [7, 11) is 0. The molecule has 3 amide bonds. The molecule has 1 saturated heterocycles. The van der Waals surface area contributed by atoms with Crippen molar-refractivity contribution < 1.29 is 23.2 Å². The first-order chi connectivity index (χ1) is 14.8. The van der Waals surface area contributed by atoms with Crippen LogP contribution in [0.3, 0.4) is 0 Å². The Morgan fingerprint density at radius 1 is 0.935 bits per heavy atom. The van der Waals surface area contributed by atoms with Gasteiger partial charge in [-0.25, -0.2) is 13.6 Å². The number of rotatable bonds is 6. The minimum atomic E-state index is -0.496. The number of urea groups is 1. The second kappa shape index (κ2) is 10.0. The van der Waals surface area contributed by atoms with E-state index < -0.39 is 11.8 Å². The van der Waals surface area contributed by atoms with E-state index >= 15 is 0 Å². The van der Waals surface area contributed by atoms with Crippen LogP contribution in [0.5, 0.6) is 0 Å². The fourth-order valence-electron chi connectivity index (χ4n) is 3.29. The minimum absolute atomic E-state index is 0.156. The summed E-state index contributed by atoms with van der Waals surface area (Å²) in [6.07, 6.45) is 0. The first-order valence-electron chi connectivity index (χ1n) is 9.93. The number of amides is 3. The van der Waals surface area contributed by atoms with E-state index in [1.165, 1.54) is 25.1 Å². The number of nitrogens with one attached hydrogen (secondary N) is 2. The first kappa shape index (κ1) is 22.2. The summed E-state index contributed by atoms with van der Waals surface area (Å²) in [6, 6.07) is 9.65. The van der Waals surface area contributed by atoms with Gasteiger partial charge < -0.3 is 20.4 Å². The van der Waals surface area contributed by atoms with E-state index in [-0.39, 0.29) is 30.6 Å². The Morgan fingerprint density at radius 2 is 1.61 bits per heavy atom. The van der Waals surface area contributed by atoms with E-state index in [0.717, 1.165) is 5.56 Å². The third-order valence-electron chi connectivity index (χ3n) is 5.09. The monoisotopic (exact) mass is 430 g/mol. The summed E-state index contributed by atoms with van der Waals surface area (Å²) in [5, 5.41) is 5.12. The predicted octanol–water partition coefficient (Wildman–Crippen LogP) is 2.32. The number of hydrogen-bond acceptors (Lipinski definition) is 4. The van der Waals surface area contributed by atoms with Gasteiger partial charge in [0, 0.05) is 38.3 Å². The molecule has 0 saturated carbocycles. The van der Waals surface area contributed by atoms with Crippen LogP contribution in [0.15, 0.2) is 42.5 Å². The molecule has 1 fully saturated rings. The van der Waals surface area contributed by atoms with Gasteiger partial charge in [0.05, 0.1) is 12.2 Å². The zero-order valence-electron chi connectivity index (χ0n) is 17.2. The van der Waals surface area contributed by atoms with Crippen molar-refractivity contribution in [2.24, 2.45) is 0 Å². The molecule has 2 N–H and O–H groups in total. The molecule has 0 aliphatic carbocycles. The molecule has 0 unspecified atom stereocenters. The number of hydrogen-bond donors (Lipinski definition) is 2. The predicted molar refractivity (Wildman–Crippen MR) is 112 cm³/mol. The standard InChI is InChI=1S/C22H24F2N4O3/c1-15(29)17-4-7-20(19(24)12-17)27-8-10-28(11-9-27)21(30)14-26-22(31)25-13-16-2-5-18(23)6-3-16/h2-7,12H,8-11,13-14H2,1H3,(H2,25,26,31). The molecule has 7 nitrogen and oxygen atoms in total. The lowest BCUT2D eigenvalue weighted by Crippen LogP contribution is -2.52. The molecule has 0 radical (unpaired) electrons. The van der Waals surface area contributed by atoms with Gasteiger partial charge >= 0.3 is 6.03 Å². The molecule has 0 spiro atoms. The number of carbonyl (C=O) groups is 3. The van der Waals surface area contributed by atoms with Gasteiger partial charge in [0.1, 0.15) is 11.6 Å². The number of ketones is 1.